The highest BCUT2D eigenvalue weighted by Gasteiger charge is 2.08. The zero-order chi connectivity index (χ0) is 19.6. The molecule has 27 heavy (non-hydrogen) atoms. The summed E-state index contributed by atoms with van der Waals surface area (Å²) in [5.74, 6) is -1.01. The summed E-state index contributed by atoms with van der Waals surface area (Å²) in [5.41, 5.74) is 1.14. The van der Waals surface area contributed by atoms with E-state index < -0.39 is 5.82 Å². The minimum absolute atomic E-state index is 0.0181. The summed E-state index contributed by atoms with van der Waals surface area (Å²) in [7, 11) is 0. The lowest BCUT2D eigenvalue weighted by atomic mass is 10.2. The average molecular weight is 392 g/mol. The molecule has 142 valence electrons. The Balaban J connectivity index is 1.63. The van der Waals surface area contributed by atoms with Gasteiger partial charge in [0.25, 0.3) is 5.91 Å². The van der Waals surface area contributed by atoms with Gasteiger partial charge in [-0.2, -0.15) is 0 Å². The van der Waals surface area contributed by atoms with Gasteiger partial charge in [0.15, 0.2) is 6.61 Å². The Labute approximate surface area is 161 Å². The zero-order valence-corrected chi connectivity index (χ0v) is 15.3. The number of nitrogens with zero attached hydrogens (tertiary/aromatic N) is 1. The SMILES string of the molecule is C=C(CCNC(=O)COc1ccc(Cl)c(F)c1)NC(=O)Cc1ccccn1. The molecule has 0 saturated carbocycles. The van der Waals surface area contributed by atoms with Crippen LogP contribution in [-0.2, 0) is 16.0 Å². The number of halogens is 2. The molecule has 1 heterocycles. The first kappa shape index (κ1) is 20.4. The molecule has 1 aromatic heterocycles. The normalized spacial score (nSPS) is 10.1. The largest absolute Gasteiger partial charge is 0.484 e. The lowest BCUT2D eigenvalue weighted by Gasteiger charge is -2.10. The van der Waals surface area contributed by atoms with E-state index in [9.17, 15) is 14.0 Å². The van der Waals surface area contributed by atoms with E-state index in [1.54, 1.807) is 24.4 Å². The maximum Gasteiger partial charge on any atom is 0.257 e. The van der Waals surface area contributed by atoms with Crippen LogP contribution in [0, 0.1) is 5.82 Å². The molecule has 0 aliphatic carbocycles. The number of pyridine rings is 1. The van der Waals surface area contributed by atoms with E-state index in [1.807, 2.05) is 0 Å². The second-order valence-corrected chi connectivity index (χ2v) is 6.02. The van der Waals surface area contributed by atoms with Gasteiger partial charge in [0.05, 0.1) is 11.4 Å². The predicted octanol–water partition coefficient (Wildman–Crippen LogP) is 2.63. The van der Waals surface area contributed by atoms with Gasteiger partial charge in [0, 0.05) is 36.6 Å². The van der Waals surface area contributed by atoms with Crippen LogP contribution in [-0.4, -0.2) is 29.9 Å². The predicted molar refractivity (Wildman–Crippen MR) is 99.8 cm³/mol. The molecule has 2 N–H and O–H groups in total. The Morgan fingerprint density at radius 1 is 1.22 bits per heavy atom. The Morgan fingerprint density at radius 2 is 2.04 bits per heavy atom. The third-order valence-corrected chi connectivity index (χ3v) is 3.70. The van der Waals surface area contributed by atoms with Gasteiger partial charge in [-0.1, -0.05) is 24.2 Å². The number of hydrogen-bond acceptors (Lipinski definition) is 4. The minimum atomic E-state index is -0.618. The maximum atomic E-state index is 13.3. The fourth-order valence-electron chi connectivity index (χ4n) is 2.09. The van der Waals surface area contributed by atoms with Crippen LogP contribution in [0.4, 0.5) is 4.39 Å². The number of carbonyl (C=O) groups is 2. The van der Waals surface area contributed by atoms with Crippen LogP contribution in [0.25, 0.3) is 0 Å². The summed E-state index contributed by atoms with van der Waals surface area (Å²) >= 11 is 5.57. The molecule has 0 bridgehead atoms. The van der Waals surface area contributed by atoms with Crippen LogP contribution in [0.2, 0.25) is 5.02 Å². The third-order valence-electron chi connectivity index (χ3n) is 3.39. The van der Waals surface area contributed by atoms with E-state index >= 15 is 0 Å². The van der Waals surface area contributed by atoms with Gasteiger partial charge in [-0.15, -0.1) is 0 Å². The van der Waals surface area contributed by atoms with Crippen molar-refractivity contribution in [3.63, 3.8) is 0 Å². The molecule has 2 rings (SSSR count). The van der Waals surface area contributed by atoms with E-state index in [0.717, 1.165) is 6.07 Å². The van der Waals surface area contributed by atoms with Gasteiger partial charge in [-0.3, -0.25) is 14.6 Å². The van der Waals surface area contributed by atoms with Gasteiger partial charge in [-0.25, -0.2) is 4.39 Å². The summed E-state index contributed by atoms with van der Waals surface area (Å²) < 4.78 is 18.5. The van der Waals surface area contributed by atoms with Crippen molar-refractivity contribution in [1.82, 2.24) is 15.6 Å². The van der Waals surface area contributed by atoms with E-state index in [2.05, 4.69) is 22.2 Å². The summed E-state index contributed by atoms with van der Waals surface area (Å²) in [4.78, 5) is 27.7. The van der Waals surface area contributed by atoms with Gasteiger partial charge in [0.1, 0.15) is 11.6 Å². The second kappa shape index (κ2) is 10.3. The van der Waals surface area contributed by atoms with Crippen LogP contribution in [0.5, 0.6) is 5.75 Å². The third kappa shape index (κ3) is 7.45. The van der Waals surface area contributed by atoms with Gasteiger partial charge >= 0.3 is 0 Å². The lowest BCUT2D eigenvalue weighted by molar-refractivity contribution is -0.123. The topological polar surface area (TPSA) is 80.3 Å². The number of carbonyl (C=O) groups excluding carboxylic acids is 2. The highest BCUT2D eigenvalue weighted by atomic mass is 35.5. The average Bonchev–Trinajstić information content (AvgIpc) is 2.63. The van der Waals surface area contributed by atoms with Crippen molar-refractivity contribution in [2.75, 3.05) is 13.2 Å². The molecule has 6 nitrogen and oxygen atoms in total. The number of nitrogens with one attached hydrogen (secondary N) is 2. The number of ether oxygens (including phenoxy) is 1. The summed E-state index contributed by atoms with van der Waals surface area (Å²) in [6.45, 7) is 3.77. The molecule has 8 heteroatoms. The molecule has 0 aliphatic heterocycles. The highest BCUT2D eigenvalue weighted by molar-refractivity contribution is 6.30. The van der Waals surface area contributed by atoms with E-state index in [1.165, 1.54) is 12.1 Å². The van der Waals surface area contributed by atoms with Crippen LogP contribution in [0.15, 0.2) is 54.9 Å². The fourth-order valence-corrected chi connectivity index (χ4v) is 2.21. The number of benzene rings is 1. The summed E-state index contributed by atoms with van der Waals surface area (Å²) in [6, 6.07) is 9.26. The number of hydrogen-bond donors (Lipinski definition) is 2. The Kier molecular flexibility index (Phi) is 7.76. The monoisotopic (exact) mass is 391 g/mol. The van der Waals surface area contributed by atoms with Crippen molar-refractivity contribution in [1.29, 1.82) is 0 Å². The number of amides is 2. The Bertz CT molecular complexity index is 815. The number of aromatic nitrogens is 1. The molecule has 2 aromatic rings. The first-order chi connectivity index (χ1) is 12.9. The smallest absolute Gasteiger partial charge is 0.257 e. The molecule has 0 fully saturated rings. The second-order valence-electron chi connectivity index (χ2n) is 5.61. The van der Waals surface area contributed by atoms with Crippen LogP contribution in [0.3, 0.4) is 0 Å². The van der Waals surface area contributed by atoms with Crippen LogP contribution < -0.4 is 15.4 Å². The Hall–Kier alpha value is -2.93. The van der Waals surface area contributed by atoms with Crippen molar-refractivity contribution < 1.29 is 18.7 Å². The summed E-state index contributed by atoms with van der Waals surface area (Å²) in [5, 5.41) is 5.27. The van der Waals surface area contributed by atoms with Crippen LogP contribution in [0.1, 0.15) is 12.1 Å². The van der Waals surface area contributed by atoms with Crippen molar-refractivity contribution in [2.45, 2.75) is 12.8 Å². The number of rotatable bonds is 9. The lowest BCUT2D eigenvalue weighted by Crippen LogP contribution is -2.32. The minimum Gasteiger partial charge on any atom is -0.484 e. The van der Waals surface area contributed by atoms with E-state index in [0.29, 0.717) is 17.8 Å². The van der Waals surface area contributed by atoms with E-state index in [-0.39, 0.29) is 42.2 Å². The van der Waals surface area contributed by atoms with Crippen molar-refractivity contribution >= 4 is 23.4 Å². The Morgan fingerprint density at radius 3 is 2.74 bits per heavy atom. The van der Waals surface area contributed by atoms with Gasteiger partial charge in [0.2, 0.25) is 5.91 Å². The van der Waals surface area contributed by atoms with Gasteiger partial charge < -0.3 is 15.4 Å². The molecular weight excluding hydrogens is 373 g/mol. The van der Waals surface area contributed by atoms with Crippen molar-refractivity contribution in [3.05, 3.63) is 71.4 Å². The van der Waals surface area contributed by atoms with Crippen molar-refractivity contribution in [2.24, 2.45) is 0 Å². The molecule has 0 spiro atoms. The molecule has 0 unspecified atom stereocenters. The van der Waals surface area contributed by atoms with Crippen molar-refractivity contribution in [3.8, 4) is 5.75 Å². The van der Waals surface area contributed by atoms with Gasteiger partial charge in [-0.05, 0) is 24.3 Å². The molecular formula is C19H19ClFN3O3. The van der Waals surface area contributed by atoms with E-state index in [4.69, 9.17) is 16.3 Å². The molecule has 2 amide bonds. The first-order valence-corrected chi connectivity index (χ1v) is 8.54. The first-order valence-electron chi connectivity index (χ1n) is 8.16. The molecule has 0 radical (unpaired) electrons. The maximum absolute atomic E-state index is 13.3. The highest BCUT2D eigenvalue weighted by Crippen LogP contribution is 2.20. The molecule has 0 saturated heterocycles. The zero-order valence-electron chi connectivity index (χ0n) is 14.5. The molecule has 0 aliphatic rings. The molecule has 1 aromatic carbocycles. The molecule has 0 atom stereocenters. The quantitative estimate of drug-likeness (QED) is 0.688. The fraction of sp³-hybridized carbons (Fsp3) is 0.211. The standard InChI is InChI=1S/C19H19ClFN3O3/c1-13(24-18(25)10-14-4-2-3-8-22-14)7-9-23-19(26)12-27-15-5-6-16(20)17(21)11-15/h2-6,8,11H,1,7,9-10,12H2,(H,23,26)(H,24,25). The van der Waals surface area contributed by atoms with Crippen LogP contribution >= 0.6 is 11.6 Å². The summed E-state index contributed by atoms with van der Waals surface area (Å²) in [6.07, 6.45) is 2.14.